The zero-order chi connectivity index (χ0) is 16.8. The van der Waals surface area contributed by atoms with Gasteiger partial charge in [-0.25, -0.2) is 9.50 Å². The topological polar surface area (TPSA) is 88.2 Å². The maximum Gasteiger partial charge on any atom is 0.241 e. The Morgan fingerprint density at radius 3 is 2.72 bits per heavy atom. The van der Waals surface area contributed by atoms with E-state index in [-0.39, 0.29) is 12.1 Å². The minimum Gasteiger partial charge on any atom is -0.393 e. The van der Waals surface area contributed by atoms with Gasteiger partial charge in [0.25, 0.3) is 0 Å². The lowest BCUT2D eigenvalue weighted by molar-refractivity contribution is 0.0833. The molecular weight excluding hydrogens is 316 g/mol. The summed E-state index contributed by atoms with van der Waals surface area (Å²) in [4.78, 5) is 13.1. The van der Waals surface area contributed by atoms with E-state index in [0.29, 0.717) is 5.95 Å². The van der Waals surface area contributed by atoms with Crippen LogP contribution in [0.3, 0.4) is 0 Å². The summed E-state index contributed by atoms with van der Waals surface area (Å²) in [5.41, 5.74) is 4.78. The van der Waals surface area contributed by atoms with Crippen molar-refractivity contribution in [2.75, 3.05) is 5.32 Å². The summed E-state index contributed by atoms with van der Waals surface area (Å²) in [6.45, 7) is 0. The SMILES string of the molecule is OC1CC(Nc2ncc3c(-c4ccc5nccnc5c4)ccn3n2)C1. The fraction of sp³-hybridized carbons (Fsp3) is 0.222. The van der Waals surface area contributed by atoms with Crippen molar-refractivity contribution in [3.05, 3.63) is 49.1 Å². The molecule has 0 unspecified atom stereocenters. The van der Waals surface area contributed by atoms with Gasteiger partial charge in [-0.2, -0.15) is 0 Å². The van der Waals surface area contributed by atoms with E-state index in [4.69, 9.17) is 0 Å². The monoisotopic (exact) mass is 332 g/mol. The molecule has 1 aliphatic carbocycles. The fourth-order valence-corrected chi connectivity index (χ4v) is 3.23. The molecule has 7 nitrogen and oxygen atoms in total. The van der Waals surface area contributed by atoms with Crippen LogP contribution in [0.1, 0.15) is 12.8 Å². The molecule has 3 aromatic heterocycles. The van der Waals surface area contributed by atoms with Crippen molar-refractivity contribution in [1.29, 1.82) is 0 Å². The molecule has 2 N–H and O–H groups in total. The van der Waals surface area contributed by atoms with Crippen LogP contribution in [0.15, 0.2) is 49.1 Å². The van der Waals surface area contributed by atoms with Crippen LogP contribution in [0.25, 0.3) is 27.7 Å². The van der Waals surface area contributed by atoms with Crippen LogP contribution in [0.2, 0.25) is 0 Å². The normalized spacial score (nSPS) is 19.9. The predicted molar refractivity (Wildman–Crippen MR) is 94.2 cm³/mol. The molecule has 25 heavy (non-hydrogen) atoms. The lowest BCUT2D eigenvalue weighted by Crippen LogP contribution is -2.39. The molecule has 7 heteroatoms. The number of fused-ring (bicyclic) bond motifs is 2. The average Bonchev–Trinajstić information content (AvgIpc) is 3.03. The van der Waals surface area contributed by atoms with E-state index < -0.39 is 0 Å². The maximum atomic E-state index is 9.38. The van der Waals surface area contributed by atoms with Gasteiger partial charge in [0.2, 0.25) is 5.95 Å². The van der Waals surface area contributed by atoms with E-state index in [2.05, 4.69) is 25.4 Å². The number of benzene rings is 1. The second kappa shape index (κ2) is 5.49. The van der Waals surface area contributed by atoms with Gasteiger partial charge in [-0.15, -0.1) is 5.10 Å². The number of nitrogens with one attached hydrogen (secondary N) is 1. The first-order valence-electron chi connectivity index (χ1n) is 8.26. The number of aromatic nitrogens is 5. The van der Waals surface area contributed by atoms with Gasteiger partial charge in [-0.05, 0) is 36.6 Å². The van der Waals surface area contributed by atoms with Crippen molar-refractivity contribution in [2.45, 2.75) is 25.0 Å². The third-order valence-corrected chi connectivity index (χ3v) is 4.64. The van der Waals surface area contributed by atoms with Crippen LogP contribution in [-0.4, -0.2) is 41.8 Å². The summed E-state index contributed by atoms with van der Waals surface area (Å²) in [6, 6.07) is 8.31. The number of rotatable bonds is 3. The Labute approximate surface area is 143 Å². The Morgan fingerprint density at radius 1 is 1.04 bits per heavy atom. The Bertz CT molecular complexity index is 1070. The molecule has 1 aromatic carbocycles. The van der Waals surface area contributed by atoms with Crippen molar-refractivity contribution in [2.24, 2.45) is 0 Å². The highest BCUT2D eigenvalue weighted by atomic mass is 16.3. The zero-order valence-corrected chi connectivity index (χ0v) is 13.4. The van der Waals surface area contributed by atoms with Gasteiger partial charge in [0.15, 0.2) is 0 Å². The van der Waals surface area contributed by atoms with Gasteiger partial charge in [-0.1, -0.05) is 6.07 Å². The number of nitrogens with zero attached hydrogens (tertiary/aromatic N) is 5. The van der Waals surface area contributed by atoms with Crippen molar-refractivity contribution in [1.82, 2.24) is 24.6 Å². The molecule has 4 aromatic rings. The summed E-state index contributed by atoms with van der Waals surface area (Å²) < 4.78 is 1.82. The molecule has 0 radical (unpaired) electrons. The highest BCUT2D eigenvalue weighted by Gasteiger charge is 2.27. The molecule has 0 bridgehead atoms. The summed E-state index contributed by atoms with van der Waals surface area (Å²) in [5.74, 6) is 0.580. The second-order valence-electron chi connectivity index (χ2n) is 6.37. The van der Waals surface area contributed by atoms with E-state index in [1.165, 1.54) is 0 Å². The third-order valence-electron chi connectivity index (χ3n) is 4.64. The van der Waals surface area contributed by atoms with Gasteiger partial charge in [0, 0.05) is 30.2 Å². The smallest absolute Gasteiger partial charge is 0.241 e. The molecule has 5 rings (SSSR count). The van der Waals surface area contributed by atoms with Crippen LogP contribution in [0.5, 0.6) is 0 Å². The van der Waals surface area contributed by atoms with E-state index in [1.807, 2.05) is 41.2 Å². The standard InChI is InChI=1S/C18H16N6O/c25-13-8-12(9-13)22-18-21-10-17-14(3-6-24(17)23-18)11-1-2-15-16(7-11)20-5-4-19-15/h1-7,10,12-13,25H,8-9H2,(H,22,23). The summed E-state index contributed by atoms with van der Waals surface area (Å²) >= 11 is 0. The summed E-state index contributed by atoms with van der Waals surface area (Å²) in [7, 11) is 0. The molecule has 124 valence electrons. The van der Waals surface area contributed by atoms with Crippen LogP contribution < -0.4 is 5.32 Å². The predicted octanol–water partition coefficient (Wildman–Crippen LogP) is 2.27. The minimum atomic E-state index is -0.199. The Hall–Kier alpha value is -3.06. The van der Waals surface area contributed by atoms with Crippen LogP contribution in [0.4, 0.5) is 5.95 Å². The number of aliphatic hydroxyl groups excluding tert-OH is 1. The lowest BCUT2D eigenvalue weighted by Gasteiger charge is -2.31. The molecule has 0 saturated heterocycles. The Kier molecular flexibility index (Phi) is 3.14. The lowest BCUT2D eigenvalue weighted by atomic mass is 9.90. The van der Waals surface area contributed by atoms with Crippen molar-refractivity contribution in [3.8, 4) is 11.1 Å². The molecule has 0 amide bonds. The number of anilines is 1. The quantitative estimate of drug-likeness (QED) is 0.598. The van der Waals surface area contributed by atoms with Gasteiger partial charge >= 0.3 is 0 Å². The molecule has 0 aliphatic heterocycles. The first kappa shape index (κ1) is 14.3. The van der Waals surface area contributed by atoms with Crippen LogP contribution >= 0.6 is 0 Å². The largest absolute Gasteiger partial charge is 0.393 e. The number of hydrogen-bond donors (Lipinski definition) is 2. The number of aliphatic hydroxyl groups is 1. The van der Waals surface area contributed by atoms with E-state index >= 15 is 0 Å². The maximum absolute atomic E-state index is 9.38. The van der Waals surface area contributed by atoms with E-state index in [0.717, 1.165) is 40.5 Å². The molecule has 1 saturated carbocycles. The third kappa shape index (κ3) is 2.49. The first-order chi connectivity index (χ1) is 12.3. The molecule has 0 spiro atoms. The van der Waals surface area contributed by atoms with Gasteiger partial charge in [-0.3, -0.25) is 9.97 Å². The van der Waals surface area contributed by atoms with Gasteiger partial charge in [0.05, 0.1) is 28.9 Å². The van der Waals surface area contributed by atoms with Crippen LogP contribution in [0, 0.1) is 0 Å². The molecular formula is C18H16N6O. The van der Waals surface area contributed by atoms with Crippen molar-refractivity contribution >= 4 is 22.5 Å². The first-order valence-corrected chi connectivity index (χ1v) is 8.26. The van der Waals surface area contributed by atoms with Gasteiger partial charge < -0.3 is 10.4 Å². The Morgan fingerprint density at radius 2 is 1.88 bits per heavy atom. The van der Waals surface area contributed by atoms with Gasteiger partial charge in [0.1, 0.15) is 0 Å². The van der Waals surface area contributed by atoms with E-state index in [1.54, 1.807) is 12.4 Å². The molecule has 0 atom stereocenters. The second-order valence-corrected chi connectivity index (χ2v) is 6.37. The highest BCUT2D eigenvalue weighted by Crippen LogP contribution is 2.28. The zero-order valence-electron chi connectivity index (χ0n) is 13.4. The fourth-order valence-electron chi connectivity index (χ4n) is 3.23. The number of hydrogen-bond acceptors (Lipinski definition) is 6. The molecule has 3 heterocycles. The molecule has 1 fully saturated rings. The van der Waals surface area contributed by atoms with E-state index in [9.17, 15) is 5.11 Å². The van der Waals surface area contributed by atoms with Crippen LogP contribution in [-0.2, 0) is 0 Å². The van der Waals surface area contributed by atoms with Crippen molar-refractivity contribution in [3.63, 3.8) is 0 Å². The molecule has 1 aliphatic rings. The summed E-state index contributed by atoms with van der Waals surface area (Å²) in [6.07, 6.45) is 8.43. The van der Waals surface area contributed by atoms with Crippen molar-refractivity contribution < 1.29 is 5.11 Å². The highest BCUT2D eigenvalue weighted by molar-refractivity contribution is 5.86. The minimum absolute atomic E-state index is 0.199. The average molecular weight is 332 g/mol. The Balaban J connectivity index is 1.50. The summed E-state index contributed by atoms with van der Waals surface area (Å²) in [5, 5.41) is 17.1.